The van der Waals surface area contributed by atoms with Gasteiger partial charge < -0.3 is 4.90 Å². The summed E-state index contributed by atoms with van der Waals surface area (Å²) in [5.41, 5.74) is 1.36. The second kappa shape index (κ2) is 8.13. The molecule has 0 aromatic carbocycles. The molecule has 2 aliphatic rings. The van der Waals surface area contributed by atoms with Crippen molar-refractivity contribution in [2.45, 2.75) is 51.1 Å². The molecule has 1 saturated carbocycles. The third-order valence-corrected chi connectivity index (χ3v) is 6.60. The van der Waals surface area contributed by atoms with Crippen molar-refractivity contribution in [2.75, 3.05) is 13.1 Å². The zero-order valence-corrected chi connectivity index (χ0v) is 17.4. The number of carbonyl (C=O) groups excluding carboxylic acids is 1. The summed E-state index contributed by atoms with van der Waals surface area (Å²) < 4.78 is 3.65. The third-order valence-electron chi connectivity index (χ3n) is 6.60. The molecular formula is C22H26N6O3. The normalized spacial score (nSPS) is 19.9. The summed E-state index contributed by atoms with van der Waals surface area (Å²) in [5, 5.41) is 6.14. The first-order valence-electron chi connectivity index (χ1n) is 11.0. The van der Waals surface area contributed by atoms with Gasteiger partial charge in [-0.2, -0.15) is 5.10 Å². The Morgan fingerprint density at radius 2 is 1.94 bits per heavy atom. The maximum Gasteiger partial charge on any atom is 0.330 e. The van der Waals surface area contributed by atoms with Gasteiger partial charge >= 0.3 is 5.69 Å². The number of likely N-dealkylation sites (tertiary alicyclic amines) is 1. The van der Waals surface area contributed by atoms with E-state index in [1.807, 2.05) is 16.7 Å². The predicted octanol–water partition coefficient (Wildman–Crippen LogP) is 1.95. The fourth-order valence-electron chi connectivity index (χ4n) is 5.00. The molecule has 4 heterocycles. The van der Waals surface area contributed by atoms with Crippen molar-refractivity contribution in [3.05, 3.63) is 57.0 Å². The number of aromatic nitrogens is 5. The zero-order chi connectivity index (χ0) is 21.4. The maximum atomic E-state index is 13.5. The van der Waals surface area contributed by atoms with E-state index in [2.05, 4.69) is 15.2 Å². The molecule has 9 heteroatoms. The maximum absolute atomic E-state index is 13.5. The number of rotatable bonds is 4. The Morgan fingerprint density at radius 3 is 2.71 bits per heavy atom. The lowest BCUT2D eigenvalue weighted by Gasteiger charge is -2.21. The van der Waals surface area contributed by atoms with Crippen molar-refractivity contribution in [1.29, 1.82) is 0 Å². The lowest BCUT2D eigenvalue weighted by atomic mass is 9.89. The van der Waals surface area contributed by atoms with Gasteiger partial charge in [0.2, 0.25) is 0 Å². The third kappa shape index (κ3) is 3.68. The number of hydrogen-bond acceptors (Lipinski definition) is 5. The van der Waals surface area contributed by atoms with Crippen LogP contribution in [0.2, 0.25) is 0 Å². The molecule has 2 fully saturated rings. The Morgan fingerprint density at radius 1 is 1.10 bits per heavy atom. The van der Waals surface area contributed by atoms with Crippen LogP contribution >= 0.6 is 0 Å². The highest BCUT2D eigenvalue weighted by Crippen LogP contribution is 2.28. The molecule has 1 atom stereocenters. The van der Waals surface area contributed by atoms with E-state index < -0.39 is 0 Å². The molecule has 3 aromatic rings. The van der Waals surface area contributed by atoms with E-state index in [0.717, 1.165) is 24.9 Å². The number of nitrogens with one attached hydrogen (secondary N) is 1. The number of H-pyrrole nitrogens is 1. The standard InChI is InChI=1S/C22H26N6O3/c29-19-9-8-17(24-25-19)21(30)26-12-10-16(14-26)28-20-18(7-4-11-23-20)27(22(28)31)13-15-5-2-1-3-6-15/h4,7-9,11,15-16H,1-3,5-6,10,12-14H2,(H,25,29)/t16-/m1/s1. The van der Waals surface area contributed by atoms with E-state index >= 15 is 0 Å². The molecule has 9 nitrogen and oxygen atoms in total. The first kappa shape index (κ1) is 19.7. The number of hydrogen-bond donors (Lipinski definition) is 1. The molecule has 162 valence electrons. The summed E-state index contributed by atoms with van der Waals surface area (Å²) >= 11 is 0. The summed E-state index contributed by atoms with van der Waals surface area (Å²) in [6, 6.07) is 6.42. The first-order chi connectivity index (χ1) is 15.1. The minimum absolute atomic E-state index is 0.0410. The molecule has 1 aliphatic carbocycles. The number of fused-ring (bicyclic) bond motifs is 1. The number of aromatic amines is 1. The van der Waals surface area contributed by atoms with Crippen LogP contribution in [0.15, 0.2) is 40.1 Å². The van der Waals surface area contributed by atoms with Gasteiger partial charge in [-0.1, -0.05) is 19.3 Å². The molecule has 1 aliphatic heterocycles. The average Bonchev–Trinajstić information content (AvgIpc) is 3.38. The Balaban J connectivity index is 1.43. The fraction of sp³-hybridized carbons (Fsp3) is 0.500. The number of amides is 1. The van der Waals surface area contributed by atoms with Crippen molar-refractivity contribution in [1.82, 2.24) is 29.2 Å². The minimum Gasteiger partial charge on any atom is -0.335 e. The highest BCUT2D eigenvalue weighted by molar-refractivity contribution is 5.92. The van der Waals surface area contributed by atoms with Gasteiger partial charge in [0.25, 0.3) is 11.5 Å². The Bertz CT molecular complexity index is 1200. The number of pyridine rings is 1. The van der Waals surface area contributed by atoms with E-state index in [1.54, 1.807) is 15.7 Å². The van der Waals surface area contributed by atoms with Gasteiger partial charge in [0.1, 0.15) is 5.69 Å². The summed E-state index contributed by atoms with van der Waals surface area (Å²) in [6.07, 6.45) is 8.46. The van der Waals surface area contributed by atoms with Crippen molar-refractivity contribution >= 4 is 17.1 Å². The SMILES string of the molecule is O=C(c1ccc(=O)[nH]n1)N1CC[C@@H](n2c(=O)n(CC3CCCCC3)c3cccnc32)C1. The molecule has 0 unspecified atom stereocenters. The van der Waals surface area contributed by atoms with E-state index in [-0.39, 0.29) is 28.9 Å². The van der Waals surface area contributed by atoms with Gasteiger partial charge in [-0.25, -0.2) is 14.9 Å². The number of imidazole rings is 1. The quantitative estimate of drug-likeness (QED) is 0.692. The van der Waals surface area contributed by atoms with Gasteiger partial charge in [-0.05, 0) is 43.4 Å². The summed E-state index contributed by atoms with van der Waals surface area (Å²) in [5.74, 6) is 0.282. The Kier molecular flexibility index (Phi) is 5.17. The summed E-state index contributed by atoms with van der Waals surface area (Å²) in [6.45, 7) is 1.67. The topological polar surface area (TPSA) is 106 Å². The van der Waals surface area contributed by atoms with E-state index in [0.29, 0.717) is 31.1 Å². The second-order valence-electron chi connectivity index (χ2n) is 8.61. The van der Waals surface area contributed by atoms with Gasteiger partial charge in [-0.15, -0.1) is 0 Å². The molecule has 0 radical (unpaired) electrons. The van der Waals surface area contributed by atoms with Crippen LogP contribution in [0.1, 0.15) is 55.1 Å². The largest absolute Gasteiger partial charge is 0.335 e. The molecule has 3 aromatic heterocycles. The van der Waals surface area contributed by atoms with Crippen molar-refractivity contribution in [3.8, 4) is 0 Å². The molecule has 31 heavy (non-hydrogen) atoms. The molecule has 5 rings (SSSR count). The lowest BCUT2D eigenvalue weighted by molar-refractivity contribution is 0.0780. The van der Waals surface area contributed by atoms with Crippen LogP contribution < -0.4 is 11.2 Å². The highest BCUT2D eigenvalue weighted by Gasteiger charge is 2.32. The van der Waals surface area contributed by atoms with Crippen molar-refractivity contribution in [2.24, 2.45) is 5.92 Å². The van der Waals surface area contributed by atoms with Crippen LogP contribution in [0.4, 0.5) is 0 Å². The van der Waals surface area contributed by atoms with Crippen LogP contribution in [0.5, 0.6) is 0 Å². The van der Waals surface area contributed by atoms with Crippen molar-refractivity contribution < 1.29 is 4.79 Å². The first-order valence-corrected chi connectivity index (χ1v) is 11.0. The molecule has 0 bridgehead atoms. The van der Waals surface area contributed by atoms with E-state index in [1.165, 1.54) is 31.4 Å². The van der Waals surface area contributed by atoms with Gasteiger partial charge in [0.15, 0.2) is 5.65 Å². The molecule has 1 saturated heterocycles. The summed E-state index contributed by atoms with van der Waals surface area (Å²) in [4.78, 5) is 43.7. The van der Waals surface area contributed by atoms with Gasteiger partial charge in [-0.3, -0.25) is 18.7 Å². The summed E-state index contributed by atoms with van der Waals surface area (Å²) in [7, 11) is 0. The highest BCUT2D eigenvalue weighted by atomic mass is 16.2. The van der Waals surface area contributed by atoms with Crippen LogP contribution in [0.3, 0.4) is 0 Å². The van der Waals surface area contributed by atoms with Crippen molar-refractivity contribution in [3.63, 3.8) is 0 Å². The lowest BCUT2D eigenvalue weighted by Crippen LogP contribution is -2.33. The second-order valence-corrected chi connectivity index (χ2v) is 8.61. The van der Waals surface area contributed by atoms with Crippen LogP contribution in [0, 0.1) is 5.92 Å². The smallest absolute Gasteiger partial charge is 0.330 e. The van der Waals surface area contributed by atoms with Crippen LogP contribution in [-0.4, -0.2) is 48.2 Å². The Hall–Kier alpha value is -3.23. The van der Waals surface area contributed by atoms with Crippen LogP contribution in [-0.2, 0) is 6.54 Å². The monoisotopic (exact) mass is 422 g/mol. The Labute approximate surface area is 178 Å². The molecule has 1 N–H and O–H groups in total. The molecular weight excluding hydrogens is 396 g/mol. The van der Waals surface area contributed by atoms with Crippen LogP contribution in [0.25, 0.3) is 11.2 Å². The zero-order valence-electron chi connectivity index (χ0n) is 17.4. The minimum atomic E-state index is -0.348. The van der Waals surface area contributed by atoms with E-state index in [9.17, 15) is 14.4 Å². The number of carbonyl (C=O) groups is 1. The van der Waals surface area contributed by atoms with Gasteiger partial charge in [0.05, 0.1) is 11.6 Å². The fourth-order valence-corrected chi connectivity index (χ4v) is 5.00. The number of nitrogens with zero attached hydrogens (tertiary/aromatic N) is 5. The van der Waals surface area contributed by atoms with E-state index in [4.69, 9.17) is 0 Å². The molecule has 1 amide bonds. The average molecular weight is 422 g/mol. The molecule has 0 spiro atoms. The van der Waals surface area contributed by atoms with Gasteiger partial charge in [0, 0.05) is 31.9 Å². The predicted molar refractivity (Wildman–Crippen MR) is 115 cm³/mol.